The van der Waals surface area contributed by atoms with Crippen molar-refractivity contribution < 1.29 is 19.1 Å². The third-order valence-electron chi connectivity index (χ3n) is 4.26. The van der Waals surface area contributed by atoms with Gasteiger partial charge < -0.3 is 10.1 Å². The van der Waals surface area contributed by atoms with Gasteiger partial charge in [-0.2, -0.15) is 5.26 Å². The molecule has 0 saturated heterocycles. The molecule has 0 radical (unpaired) electrons. The minimum absolute atomic E-state index is 0.0373. The summed E-state index contributed by atoms with van der Waals surface area (Å²) in [5, 5.41) is 14.2. The van der Waals surface area contributed by atoms with Gasteiger partial charge in [-0.25, -0.2) is 4.79 Å². The number of rotatable bonds is 8. The number of amides is 3. The van der Waals surface area contributed by atoms with Gasteiger partial charge in [-0.1, -0.05) is 19.9 Å². The number of nitriles is 1. The molecule has 1 unspecified atom stereocenters. The molecule has 0 saturated carbocycles. The van der Waals surface area contributed by atoms with Crippen molar-refractivity contribution in [2.45, 2.75) is 32.9 Å². The van der Waals surface area contributed by atoms with Crippen LogP contribution in [0.25, 0.3) is 0 Å². The highest BCUT2D eigenvalue weighted by molar-refractivity contribution is 5.98. The highest BCUT2D eigenvalue weighted by atomic mass is 16.5. The molecule has 1 aromatic heterocycles. The highest BCUT2D eigenvalue weighted by Gasteiger charge is 2.25. The molecule has 162 valence electrons. The average molecular weight is 423 g/mol. The van der Waals surface area contributed by atoms with Gasteiger partial charge in [0, 0.05) is 24.5 Å². The van der Waals surface area contributed by atoms with Crippen molar-refractivity contribution in [3.63, 3.8) is 0 Å². The van der Waals surface area contributed by atoms with E-state index in [1.165, 1.54) is 19.2 Å². The quantitative estimate of drug-likeness (QED) is 0.497. The number of pyridine rings is 1. The topological polar surface area (TPSA) is 124 Å². The second kappa shape index (κ2) is 11.3. The van der Waals surface area contributed by atoms with Gasteiger partial charge in [-0.3, -0.25) is 24.8 Å². The van der Waals surface area contributed by atoms with Crippen LogP contribution in [0.4, 0.5) is 10.5 Å². The molecule has 3 amide bonds. The normalized spacial score (nSPS) is 11.2. The van der Waals surface area contributed by atoms with E-state index in [0.29, 0.717) is 23.4 Å². The van der Waals surface area contributed by atoms with Gasteiger partial charge in [-0.05, 0) is 48.7 Å². The van der Waals surface area contributed by atoms with Gasteiger partial charge in [0.2, 0.25) is 0 Å². The Morgan fingerprint density at radius 2 is 1.87 bits per heavy atom. The summed E-state index contributed by atoms with van der Waals surface area (Å²) in [5.74, 6) is -0.780. The summed E-state index contributed by atoms with van der Waals surface area (Å²) in [5.41, 5.74) is 1.38. The summed E-state index contributed by atoms with van der Waals surface area (Å²) in [7, 11) is 1.36. The van der Waals surface area contributed by atoms with Crippen LogP contribution in [0.5, 0.6) is 0 Å². The number of carbonyl (C=O) groups is 3. The molecule has 2 N–H and O–H groups in total. The minimum Gasteiger partial charge on any atom is -0.443 e. The zero-order chi connectivity index (χ0) is 22.8. The first-order chi connectivity index (χ1) is 14.8. The van der Waals surface area contributed by atoms with Gasteiger partial charge in [-0.15, -0.1) is 0 Å². The maximum absolute atomic E-state index is 12.6. The second-order valence-corrected chi connectivity index (χ2v) is 7.25. The van der Waals surface area contributed by atoms with Crippen LogP contribution in [-0.4, -0.2) is 40.9 Å². The molecule has 0 aliphatic rings. The zero-order valence-electron chi connectivity index (χ0n) is 17.7. The Balaban J connectivity index is 1.94. The van der Waals surface area contributed by atoms with Crippen molar-refractivity contribution in [3.8, 4) is 6.19 Å². The van der Waals surface area contributed by atoms with Crippen LogP contribution in [0.15, 0.2) is 48.7 Å². The number of benzene rings is 1. The predicted octanol–water partition coefficient (Wildman–Crippen LogP) is 2.91. The summed E-state index contributed by atoms with van der Waals surface area (Å²) in [6.45, 7) is 3.88. The maximum Gasteiger partial charge on any atom is 0.412 e. The van der Waals surface area contributed by atoms with Crippen molar-refractivity contribution in [3.05, 3.63) is 59.9 Å². The van der Waals surface area contributed by atoms with Crippen molar-refractivity contribution in [1.82, 2.24) is 15.2 Å². The fourth-order valence-electron chi connectivity index (χ4n) is 2.70. The average Bonchev–Trinajstić information content (AvgIpc) is 2.77. The SMILES string of the molecule is CC(C)CC(NC(=O)c1ccc(NC(=O)OCc2ccccn2)cc1)C(=O)N(C)C#N. The number of aromatic nitrogens is 1. The number of nitrogens with one attached hydrogen (secondary N) is 2. The lowest BCUT2D eigenvalue weighted by molar-refractivity contribution is -0.129. The molecular formula is C22H25N5O4. The van der Waals surface area contributed by atoms with Crippen LogP contribution in [0.2, 0.25) is 0 Å². The standard InChI is InChI=1S/C22H25N5O4/c1-15(2)12-19(21(29)27(3)14-23)26-20(28)16-7-9-17(10-8-16)25-22(30)31-13-18-6-4-5-11-24-18/h4-11,15,19H,12-13H2,1-3H3,(H,25,30)(H,26,28). The molecular weight excluding hydrogens is 398 g/mol. The van der Waals surface area contributed by atoms with E-state index < -0.39 is 23.9 Å². The van der Waals surface area contributed by atoms with Crippen molar-refractivity contribution in [1.29, 1.82) is 5.26 Å². The first-order valence-electron chi connectivity index (χ1n) is 9.72. The van der Waals surface area contributed by atoms with E-state index in [1.807, 2.05) is 13.8 Å². The number of ether oxygens (including phenoxy) is 1. The van der Waals surface area contributed by atoms with E-state index >= 15 is 0 Å². The summed E-state index contributed by atoms with van der Waals surface area (Å²) >= 11 is 0. The third-order valence-corrected chi connectivity index (χ3v) is 4.26. The molecule has 0 bridgehead atoms. The summed E-state index contributed by atoms with van der Waals surface area (Å²) in [6, 6.07) is 10.6. The van der Waals surface area contributed by atoms with E-state index in [9.17, 15) is 14.4 Å². The number of hydrogen-bond donors (Lipinski definition) is 2. The summed E-state index contributed by atoms with van der Waals surface area (Å²) in [4.78, 5) is 41.8. The number of carbonyl (C=O) groups excluding carboxylic acids is 3. The van der Waals surface area contributed by atoms with Crippen LogP contribution >= 0.6 is 0 Å². The molecule has 0 fully saturated rings. The summed E-state index contributed by atoms with van der Waals surface area (Å²) < 4.78 is 5.10. The Labute approximate surface area is 181 Å². The monoisotopic (exact) mass is 423 g/mol. The third kappa shape index (κ3) is 7.44. The van der Waals surface area contributed by atoms with Gasteiger partial charge in [0.05, 0.1) is 5.69 Å². The van der Waals surface area contributed by atoms with Crippen LogP contribution in [0, 0.1) is 17.4 Å². The van der Waals surface area contributed by atoms with Crippen LogP contribution in [0.3, 0.4) is 0 Å². The van der Waals surface area contributed by atoms with Crippen LogP contribution < -0.4 is 10.6 Å². The lowest BCUT2D eigenvalue weighted by Gasteiger charge is -2.21. The molecule has 9 heteroatoms. The summed E-state index contributed by atoms with van der Waals surface area (Å²) in [6.07, 6.45) is 3.12. The van der Waals surface area contributed by atoms with Gasteiger partial charge in [0.25, 0.3) is 11.8 Å². The second-order valence-electron chi connectivity index (χ2n) is 7.25. The number of nitrogens with zero attached hydrogens (tertiary/aromatic N) is 3. The molecule has 1 aromatic carbocycles. The van der Waals surface area contributed by atoms with E-state index in [1.54, 1.807) is 42.7 Å². The Bertz CT molecular complexity index is 939. The van der Waals surface area contributed by atoms with Gasteiger partial charge in [0.1, 0.15) is 12.6 Å². The predicted molar refractivity (Wildman–Crippen MR) is 114 cm³/mol. The van der Waals surface area contributed by atoms with E-state index in [0.717, 1.165) is 4.90 Å². The Hall–Kier alpha value is -3.93. The number of likely N-dealkylation sites (N-methyl/N-ethyl adjacent to an activating group) is 1. The number of anilines is 1. The molecule has 31 heavy (non-hydrogen) atoms. The molecule has 2 rings (SSSR count). The fourth-order valence-corrected chi connectivity index (χ4v) is 2.70. The van der Waals surface area contributed by atoms with Gasteiger partial charge in [0.15, 0.2) is 6.19 Å². The molecule has 0 aliphatic heterocycles. The van der Waals surface area contributed by atoms with Crippen LogP contribution in [-0.2, 0) is 16.1 Å². The molecule has 1 atom stereocenters. The first-order valence-corrected chi connectivity index (χ1v) is 9.72. The van der Waals surface area contributed by atoms with E-state index in [4.69, 9.17) is 10.00 Å². The first kappa shape index (κ1) is 23.3. The van der Waals surface area contributed by atoms with E-state index in [-0.39, 0.29) is 12.5 Å². The van der Waals surface area contributed by atoms with Gasteiger partial charge >= 0.3 is 6.09 Å². The van der Waals surface area contributed by atoms with Crippen molar-refractivity contribution in [2.24, 2.45) is 5.92 Å². The lowest BCUT2D eigenvalue weighted by Crippen LogP contribution is -2.46. The Kier molecular flexibility index (Phi) is 8.52. The smallest absolute Gasteiger partial charge is 0.412 e. The fraction of sp³-hybridized carbons (Fsp3) is 0.318. The van der Waals surface area contributed by atoms with E-state index in [2.05, 4.69) is 15.6 Å². The molecule has 2 aromatic rings. The largest absolute Gasteiger partial charge is 0.443 e. The molecule has 0 spiro atoms. The molecule has 0 aliphatic carbocycles. The zero-order valence-corrected chi connectivity index (χ0v) is 17.7. The molecule has 9 nitrogen and oxygen atoms in total. The Morgan fingerprint density at radius 1 is 1.16 bits per heavy atom. The highest BCUT2D eigenvalue weighted by Crippen LogP contribution is 2.12. The maximum atomic E-state index is 12.6. The molecule has 1 heterocycles. The van der Waals surface area contributed by atoms with Crippen molar-refractivity contribution >= 4 is 23.6 Å². The number of hydrogen-bond acceptors (Lipinski definition) is 6. The Morgan fingerprint density at radius 3 is 2.45 bits per heavy atom. The minimum atomic E-state index is -0.809. The van der Waals surface area contributed by atoms with Crippen LogP contribution in [0.1, 0.15) is 36.3 Å². The lowest BCUT2D eigenvalue weighted by atomic mass is 10.0. The van der Waals surface area contributed by atoms with Crippen molar-refractivity contribution in [2.75, 3.05) is 12.4 Å².